The van der Waals surface area contributed by atoms with Gasteiger partial charge in [0.25, 0.3) is 5.91 Å². The Bertz CT molecular complexity index is 882. The highest BCUT2D eigenvalue weighted by Crippen LogP contribution is 2.38. The number of hydrogen-bond donors (Lipinski definition) is 1. The second-order valence-corrected chi connectivity index (χ2v) is 7.18. The number of anilines is 3. The third kappa shape index (κ3) is 3.28. The van der Waals surface area contributed by atoms with Gasteiger partial charge in [-0.25, -0.2) is 9.69 Å². The maximum absolute atomic E-state index is 13.2. The summed E-state index contributed by atoms with van der Waals surface area (Å²) < 4.78 is 5.88. The number of carbonyl (C=O) groups is 2. The Hall–Kier alpha value is -2.86. The molecule has 1 saturated heterocycles. The van der Waals surface area contributed by atoms with Crippen molar-refractivity contribution in [3.05, 3.63) is 54.1 Å². The molecule has 6 nitrogen and oxygen atoms in total. The molecule has 0 unspecified atom stereocenters. The summed E-state index contributed by atoms with van der Waals surface area (Å²) >= 11 is 0. The standard InChI is InChI=1S/C21H23N3O3/c1-14-13-15(11-12-23(14)2)27-21(26)24-18-9-5-3-7-16(18)20(25)22-17-8-4-6-10-19(17)24/h3-10,14-15H,11-13H2,1-2H3,(H,22,25)/t14-,15-/m0/s1. The van der Waals surface area contributed by atoms with Gasteiger partial charge >= 0.3 is 6.09 Å². The first-order chi connectivity index (χ1) is 13.0. The molecule has 0 aliphatic carbocycles. The van der Waals surface area contributed by atoms with Gasteiger partial charge in [0.05, 0.1) is 22.6 Å². The molecule has 2 aromatic carbocycles. The molecule has 140 valence electrons. The molecule has 0 aromatic heterocycles. The first-order valence-electron chi connectivity index (χ1n) is 9.25. The average molecular weight is 365 g/mol. The fourth-order valence-corrected chi connectivity index (χ4v) is 3.70. The van der Waals surface area contributed by atoms with Gasteiger partial charge in [-0.15, -0.1) is 0 Å². The largest absolute Gasteiger partial charge is 0.445 e. The van der Waals surface area contributed by atoms with E-state index in [0.717, 1.165) is 19.4 Å². The van der Waals surface area contributed by atoms with E-state index in [2.05, 4.69) is 24.2 Å². The van der Waals surface area contributed by atoms with Crippen LogP contribution >= 0.6 is 0 Å². The van der Waals surface area contributed by atoms with Crippen molar-refractivity contribution in [2.45, 2.75) is 31.9 Å². The molecule has 2 amide bonds. The smallest absolute Gasteiger partial charge is 0.419 e. The van der Waals surface area contributed by atoms with Gasteiger partial charge in [0.2, 0.25) is 0 Å². The summed E-state index contributed by atoms with van der Waals surface area (Å²) in [5.74, 6) is -0.235. The molecule has 4 rings (SSSR count). The number of benzene rings is 2. The average Bonchev–Trinajstić information content (AvgIpc) is 2.79. The van der Waals surface area contributed by atoms with Crippen LogP contribution in [0.5, 0.6) is 0 Å². The lowest BCUT2D eigenvalue weighted by molar-refractivity contribution is 0.0417. The van der Waals surface area contributed by atoms with Crippen LogP contribution in [0.4, 0.5) is 21.9 Å². The van der Waals surface area contributed by atoms with Gasteiger partial charge in [-0.2, -0.15) is 0 Å². The summed E-state index contributed by atoms with van der Waals surface area (Å²) in [5.41, 5.74) is 2.18. The highest BCUT2D eigenvalue weighted by molar-refractivity contribution is 6.16. The third-order valence-electron chi connectivity index (χ3n) is 5.39. The Morgan fingerprint density at radius 3 is 2.59 bits per heavy atom. The predicted molar refractivity (Wildman–Crippen MR) is 105 cm³/mol. The van der Waals surface area contributed by atoms with E-state index in [1.807, 2.05) is 24.3 Å². The fraction of sp³-hybridized carbons (Fsp3) is 0.333. The van der Waals surface area contributed by atoms with Gasteiger partial charge in [0, 0.05) is 12.6 Å². The normalized spacial score (nSPS) is 22.3. The van der Waals surface area contributed by atoms with Crippen molar-refractivity contribution in [1.82, 2.24) is 4.90 Å². The third-order valence-corrected chi connectivity index (χ3v) is 5.39. The van der Waals surface area contributed by atoms with Crippen molar-refractivity contribution >= 4 is 29.1 Å². The summed E-state index contributed by atoms with van der Waals surface area (Å²) in [6.45, 7) is 3.03. The molecule has 2 aromatic rings. The fourth-order valence-electron chi connectivity index (χ4n) is 3.70. The second-order valence-electron chi connectivity index (χ2n) is 7.18. The maximum Gasteiger partial charge on any atom is 0.419 e. The van der Waals surface area contributed by atoms with Gasteiger partial charge in [0.15, 0.2) is 0 Å². The topological polar surface area (TPSA) is 61.9 Å². The first kappa shape index (κ1) is 17.5. The van der Waals surface area contributed by atoms with E-state index >= 15 is 0 Å². The number of para-hydroxylation sites is 3. The maximum atomic E-state index is 13.2. The molecule has 1 fully saturated rings. The summed E-state index contributed by atoms with van der Waals surface area (Å²) in [7, 11) is 2.08. The number of ether oxygens (including phenoxy) is 1. The minimum atomic E-state index is -0.451. The molecule has 0 bridgehead atoms. The molecule has 0 radical (unpaired) electrons. The van der Waals surface area contributed by atoms with Crippen molar-refractivity contribution < 1.29 is 14.3 Å². The van der Waals surface area contributed by atoms with Crippen LogP contribution in [-0.4, -0.2) is 42.6 Å². The summed E-state index contributed by atoms with van der Waals surface area (Å²) in [6.07, 6.45) is 1.03. The number of amides is 2. The van der Waals surface area contributed by atoms with E-state index in [-0.39, 0.29) is 12.0 Å². The molecule has 1 N–H and O–H groups in total. The zero-order valence-corrected chi connectivity index (χ0v) is 15.5. The minimum absolute atomic E-state index is 0.130. The van der Waals surface area contributed by atoms with Crippen molar-refractivity contribution in [2.75, 3.05) is 23.8 Å². The molecule has 2 heterocycles. The van der Waals surface area contributed by atoms with Crippen molar-refractivity contribution in [3.63, 3.8) is 0 Å². The molecule has 27 heavy (non-hydrogen) atoms. The van der Waals surface area contributed by atoms with E-state index < -0.39 is 6.09 Å². The van der Waals surface area contributed by atoms with Crippen LogP contribution in [0.3, 0.4) is 0 Å². The molecule has 2 aliphatic rings. The van der Waals surface area contributed by atoms with E-state index in [1.165, 1.54) is 4.90 Å². The van der Waals surface area contributed by atoms with Crippen LogP contribution in [0.2, 0.25) is 0 Å². The van der Waals surface area contributed by atoms with Gasteiger partial charge in [0.1, 0.15) is 6.10 Å². The number of hydrogen-bond acceptors (Lipinski definition) is 4. The monoisotopic (exact) mass is 365 g/mol. The number of nitrogens with zero attached hydrogens (tertiary/aromatic N) is 2. The molecule has 0 spiro atoms. The van der Waals surface area contributed by atoms with Crippen molar-refractivity contribution in [3.8, 4) is 0 Å². The zero-order chi connectivity index (χ0) is 19.0. The van der Waals surface area contributed by atoms with Crippen molar-refractivity contribution in [1.29, 1.82) is 0 Å². The Labute approximate surface area is 158 Å². The van der Waals surface area contributed by atoms with E-state index in [0.29, 0.717) is 28.7 Å². The number of piperidine rings is 1. The number of carbonyl (C=O) groups excluding carboxylic acids is 2. The summed E-state index contributed by atoms with van der Waals surface area (Å²) in [5, 5.41) is 2.88. The lowest BCUT2D eigenvalue weighted by Crippen LogP contribution is -2.43. The number of rotatable bonds is 1. The molecular weight excluding hydrogens is 342 g/mol. The Kier molecular flexibility index (Phi) is 4.58. The molecule has 0 saturated carbocycles. The lowest BCUT2D eigenvalue weighted by atomic mass is 10.0. The van der Waals surface area contributed by atoms with Crippen LogP contribution < -0.4 is 10.2 Å². The highest BCUT2D eigenvalue weighted by atomic mass is 16.6. The number of nitrogens with one attached hydrogen (secondary N) is 1. The quantitative estimate of drug-likeness (QED) is 0.829. The molecule has 2 atom stereocenters. The molecular formula is C21H23N3O3. The summed E-state index contributed by atoms with van der Waals surface area (Å²) in [6, 6.07) is 14.7. The van der Waals surface area contributed by atoms with Crippen LogP contribution in [0, 0.1) is 0 Å². The van der Waals surface area contributed by atoms with E-state index in [4.69, 9.17) is 4.74 Å². The van der Waals surface area contributed by atoms with Crippen LogP contribution in [0.1, 0.15) is 30.1 Å². The van der Waals surface area contributed by atoms with Crippen molar-refractivity contribution in [2.24, 2.45) is 0 Å². The highest BCUT2D eigenvalue weighted by Gasteiger charge is 2.33. The van der Waals surface area contributed by atoms with Gasteiger partial charge in [-0.1, -0.05) is 24.3 Å². The van der Waals surface area contributed by atoms with Crippen LogP contribution in [-0.2, 0) is 4.74 Å². The Balaban J connectivity index is 1.70. The number of fused-ring (bicyclic) bond motifs is 2. The first-order valence-corrected chi connectivity index (χ1v) is 9.25. The lowest BCUT2D eigenvalue weighted by Gasteiger charge is -2.35. The van der Waals surface area contributed by atoms with Gasteiger partial charge in [-0.05, 0) is 51.1 Å². The van der Waals surface area contributed by atoms with Crippen LogP contribution in [0.15, 0.2) is 48.5 Å². The molecule has 6 heteroatoms. The second kappa shape index (κ2) is 7.04. The SMILES string of the molecule is C[C@H]1C[C@@H](OC(=O)N2c3ccccc3NC(=O)c3ccccc32)CCN1C. The predicted octanol–water partition coefficient (Wildman–Crippen LogP) is 4.01. The van der Waals surface area contributed by atoms with Gasteiger partial charge in [-0.3, -0.25) is 4.79 Å². The summed E-state index contributed by atoms with van der Waals surface area (Å²) in [4.78, 5) is 29.6. The van der Waals surface area contributed by atoms with E-state index in [1.54, 1.807) is 24.3 Å². The van der Waals surface area contributed by atoms with E-state index in [9.17, 15) is 9.59 Å². The zero-order valence-electron chi connectivity index (χ0n) is 15.5. The Morgan fingerprint density at radius 1 is 1.11 bits per heavy atom. The number of likely N-dealkylation sites (tertiary alicyclic amines) is 1. The molecule has 2 aliphatic heterocycles. The minimum Gasteiger partial charge on any atom is -0.445 e. The van der Waals surface area contributed by atoms with Gasteiger partial charge < -0.3 is 15.0 Å². The van der Waals surface area contributed by atoms with Crippen LogP contribution in [0.25, 0.3) is 0 Å². The Morgan fingerprint density at radius 2 is 1.81 bits per heavy atom.